The number of amides is 1. The van der Waals surface area contributed by atoms with E-state index < -0.39 is 0 Å². The van der Waals surface area contributed by atoms with Crippen LogP contribution in [-0.2, 0) is 9.59 Å². The number of ketones is 1. The molecule has 0 aliphatic carbocycles. The first-order valence-corrected chi connectivity index (χ1v) is 4.99. The van der Waals surface area contributed by atoms with Gasteiger partial charge in [0, 0.05) is 18.9 Å². The van der Waals surface area contributed by atoms with Crippen LogP contribution in [0.25, 0.3) is 0 Å². The van der Waals surface area contributed by atoms with Crippen molar-refractivity contribution in [1.29, 1.82) is 0 Å². The van der Waals surface area contributed by atoms with Crippen molar-refractivity contribution in [3.8, 4) is 0 Å². The van der Waals surface area contributed by atoms with Gasteiger partial charge >= 0.3 is 0 Å². The van der Waals surface area contributed by atoms with Crippen molar-refractivity contribution in [2.24, 2.45) is 5.92 Å². The highest BCUT2D eigenvalue weighted by Crippen LogP contribution is 2.19. The Labute approximate surface area is 79.1 Å². The molecule has 3 heteroatoms. The van der Waals surface area contributed by atoms with Gasteiger partial charge in [-0.15, -0.1) is 0 Å². The molecule has 1 amide bonds. The van der Waals surface area contributed by atoms with Gasteiger partial charge in [0.05, 0.1) is 6.54 Å². The minimum absolute atomic E-state index is 0.000278. The second-order valence-electron chi connectivity index (χ2n) is 3.56. The van der Waals surface area contributed by atoms with Gasteiger partial charge in [-0.25, -0.2) is 0 Å². The molecule has 0 N–H and O–H groups in total. The van der Waals surface area contributed by atoms with Gasteiger partial charge in [-0.3, -0.25) is 9.59 Å². The third-order valence-corrected chi connectivity index (χ3v) is 2.59. The normalized spacial score (nSPS) is 23.8. The van der Waals surface area contributed by atoms with Crippen molar-refractivity contribution < 1.29 is 9.59 Å². The summed E-state index contributed by atoms with van der Waals surface area (Å²) in [7, 11) is 0. The number of hydrogen-bond acceptors (Lipinski definition) is 2. The molecule has 13 heavy (non-hydrogen) atoms. The standard InChI is InChI=1S/C10H17NO2/c1-3-5-8-6-10(13)11(4-2)7-9(8)12/h8H,3-7H2,1-2H3. The first-order valence-electron chi connectivity index (χ1n) is 4.99. The summed E-state index contributed by atoms with van der Waals surface area (Å²) in [5, 5.41) is 0. The number of piperidine rings is 1. The van der Waals surface area contributed by atoms with Gasteiger partial charge in [-0.2, -0.15) is 0 Å². The van der Waals surface area contributed by atoms with E-state index in [1.54, 1.807) is 4.90 Å². The monoisotopic (exact) mass is 183 g/mol. The van der Waals surface area contributed by atoms with E-state index in [-0.39, 0.29) is 17.6 Å². The lowest BCUT2D eigenvalue weighted by Gasteiger charge is -2.29. The third-order valence-electron chi connectivity index (χ3n) is 2.59. The Morgan fingerprint density at radius 3 is 2.62 bits per heavy atom. The van der Waals surface area contributed by atoms with Crippen molar-refractivity contribution in [3.05, 3.63) is 0 Å². The van der Waals surface area contributed by atoms with Crippen LogP contribution < -0.4 is 0 Å². The van der Waals surface area contributed by atoms with E-state index >= 15 is 0 Å². The molecular formula is C10H17NO2. The largest absolute Gasteiger partial charge is 0.336 e. The van der Waals surface area contributed by atoms with Gasteiger partial charge < -0.3 is 4.90 Å². The zero-order valence-corrected chi connectivity index (χ0v) is 8.38. The average molecular weight is 183 g/mol. The Hall–Kier alpha value is -0.860. The molecule has 3 nitrogen and oxygen atoms in total. The molecular weight excluding hydrogens is 166 g/mol. The van der Waals surface area contributed by atoms with E-state index in [1.807, 2.05) is 13.8 Å². The summed E-state index contributed by atoms with van der Waals surface area (Å²) in [5.74, 6) is 0.379. The maximum Gasteiger partial charge on any atom is 0.223 e. The molecule has 0 aromatic rings. The van der Waals surface area contributed by atoms with Gasteiger partial charge in [0.15, 0.2) is 5.78 Å². The van der Waals surface area contributed by atoms with E-state index in [2.05, 4.69) is 0 Å². The van der Waals surface area contributed by atoms with Gasteiger partial charge in [-0.1, -0.05) is 13.3 Å². The number of hydrogen-bond donors (Lipinski definition) is 0. The van der Waals surface area contributed by atoms with Crippen LogP contribution in [0.2, 0.25) is 0 Å². The molecule has 1 heterocycles. The predicted octanol–water partition coefficient (Wildman–Crippen LogP) is 1.22. The lowest BCUT2D eigenvalue weighted by molar-refractivity contribution is -0.143. The third kappa shape index (κ3) is 2.29. The molecule has 0 spiro atoms. The molecule has 1 rings (SSSR count). The maximum atomic E-state index is 11.5. The molecule has 1 aliphatic rings. The van der Waals surface area contributed by atoms with E-state index in [9.17, 15) is 9.59 Å². The van der Waals surface area contributed by atoms with Crippen LogP contribution in [0, 0.1) is 5.92 Å². The van der Waals surface area contributed by atoms with E-state index in [0.29, 0.717) is 19.5 Å². The van der Waals surface area contributed by atoms with Crippen LogP contribution in [0.5, 0.6) is 0 Å². The van der Waals surface area contributed by atoms with Crippen LogP contribution in [-0.4, -0.2) is 29.7 Å². The first-order chi connectivity index (χ1) is 6.19. The zero-order chi connectivity index (χ0) is 9.84. The molecule has 0 radical (unpaired) electrons. The summed E-state index contributed by atoms with van der Waals surface area (Å²) in [4.78, 5) is 24.6. The number of carbonyl (C=O) groups is 2. The number of likely N-dealkylation sites (tertiary alicyclic amines) is 1. The molecule has 1 fully saturated rings. The fraction of sp³-hybridized carbons (Fsp3) is 0.800. The van der Waals surface area contributed by atoms with Gasteiger partial charge in [0.1, 0.15) is 0 Å². The summed E-state index contributed by atoms with van der Waals surface area (Å²) in [5.41, 5.74) is 0. The summed E-state index contributed by atoms with van der Waals surface area (Å²) in [6, 6.07) is 0. The Morgan fingerprint density at radius 1 is 1.38 bits per heavy atom. The summed E-state index contributed by atoms with van der Waals surface area (Å²) in [6.45, 7) is 4.94. The number of rotatable bonds is 3. The van der Waals surface area contributed by atoms with Gasteiger partial charge in [0.2, 0.25) is 5.91 Å². The van der Waals surface area contributed by atoms with Crippen molar-refractivity contribution in [3.63, 3.8) is 0 Å². The molecule has 1 unspecified atom stereocenters. The molecule has 1 atom stereocenters. The number of Topliss-reactive ketones (excluding diaryl/α,β-unsaturated/α-hetero) is 1. The summed E-state index contributed by atoms with van der Waals surface area (Å²) in [6.07, 6.45) is 2.28. The van der Waals surface area contributed by atoms with Crippen molar-refractivity contribution in [2.45, 2.75) is 33.1 Å². The topological polar surface area (TPSA) is 37.4 Å². The Kier molecular flexibility index (Phi) is 3.46. The number of nitrogens with zero attached hydrogens (tertiary/aromatic N) is 1. The van der Waals surface area contributed by atoms with Crippen LogP contribution in [0.1, 0.15) is 33.1 Å². The van der Waals surface area contributed by atoms with Crippen molar-refractivity contribution in [2.75, 3.05) is 13.1 Å². The van der Waals surface area contributed by atoms with Gasteiger partial charge in [0.25, 0.3) is 0 Å². The fourth-order valence-electron chi connectivity index (χ4n) is 1.76. The zero-order valence-electron chi connectivity index (χ0n) is 8.38. The number of carbonyl (C=O) groups excluding carboxylic acids is 2. The average Bonchev–Trinajstić information content (AvgIpc) is 2.11. The smallest absolute Gasteiger partial charge is 0.223 e. The summed E-state index contributed by atoms with van der Waals surface area (Å²) >= 11 is 0. The highest BCUT2D eigenvalue weighted by Gasteiger charge is 2.30. The predicted molar refractivity (Wildman–Crippen MR) is 50.3 cm³/mol. The van der Waals surface area contributed by atoms with E-state index in [0.717, 1.165) is 12.8 Å². The van der Waals surface area contributed by atoms with Crippen molar-refractivity contribution >= 4 is 11.7 Å². The van der Waals surface area contributed by atoms with Crippen LogP contribution in [0.3, 0.4) is 0 Å². The van der Waals surface area contributed by atoms with Gasteiger partial charge in [-0.05, 0) is 13.3 Å². The molecule has 0 aromatic carbocycles. The molecule has 0 aromatic heterocycles. The quantitative estimate of drug-likeness (QED) is 0.659. The highest BCUT2D eigenvalue weighted by atomic mass is 16.2. The lowest BCUT2D eigenvalue weighted by atomic mass is 9.91. The lowest BCUT2D eigenvalue weighted by Crippen LogP contribution is -2.44. The van der Waals surface area contributed by atoms with Crippen LogP contribution in [0.15, 0.2) is 0 Å². The second-order valence-corrected chi connectivity index (χ2v) is 3.56. The molecule has 74 valence electrons. The SMILES string of the molecule is CCCC1CC(=O)N(CC)CC1=O. The Morgan fingerprint density at radius 2 is 2.08 bits per heavy atom. The maximum absolute atomic E-state index is 11.5. The fourth-order valence-corrected chi connectivity index (χ4v) is 1.76. The highest BCUT2D eigenvalue weighted by molar-refractivity contribution is 5.94. The minimum Gasteiger partial charge on any atom is -0.336 e. The van der Waals surface area contributed by atoms with E-state index in [4.69, 9.17) is 0 Å². The van der Waals surface area contributed by atoms with Crippen LogP contribution >= 0.6 is 0 Å². The molecule has 1 aliphatic heterocycles. The Bertz CT molecular complexity index is 213. The van der Waals surface area contributed by atoms with Crippen LogP contribution in [0.4, 0.5) is 0 Å². The van der Waals surface area contributed by atoms with E-state index in [1.165, 1.54) is 0 Å². The first kappa shape index (κ1) is 10.2. The molecule has 0 bridgehead atoms. The Balaban J connectivity index is 2.56. The van der Waals surface area contributed by atoms with Crippen molar-refractivity contribution in [1.82, 2.24) is 4.90 Å². The minimum atomic E-state index is 0.000278. The summed E-state index contributed by atoms with van der Waals surface area (Å²) < 4.78 is 0. The molecule has 0 saturated carbocycles. The molecule has 1 saturated heterocycles. The second kappa shape index (κ2) is 4.40. The number of likely N-dealkylation sites (N-methyl/N-ethyl adjacent to an activating group) is 1.